The first-order valence-corrected chi connectivity index (χ1v) is 4.71. The van der Waals surface area contributed by atoms with Crippen LogP contribution in [-0.4, -0.2) is 30.2 Å². The monoisotopic (exact) mass is 208 g/mol. The van der Waals surface area contributed by atoms with Gasteiger partial charge in [-0.3, -0.25) is 0 Å². The van der Waals surface area contributed by atoms with Gasteiger partial charge in [-0.25, -0.2) is 4.79 Å². The molecular weight excluding hydrogens is 194 g/mol. The van der Waals surface area contributed by atoms with Crippen LogP contribution in [0.3, 0.4) is 0 Å². The molecule has 0 aromatic heterocycles. The summed E-state index contributed by atoms with van der Waals surface area (Å²) < 4.78 is 30.4. The van der Waals surface area contributed by atoms with Crippen molar-refractivity contribution < 1.29 is 23.4 Å². The quantitative estimate of drug-likeness (QED) is 0.767. The summed E-state index contributed by atoms with van der Waals surface area (Å²) in [5.74, 6) is -5.41. The third-order valence-corrected chi connectivity index (χ3v) is 2.52. The highest BCUT2D eigenvalue weighted by atomic mass is 19.3. The maximum atomic E-state index is 12.7. The number of carboxylic acid groups (broad SMARTS) is 1. The van der Waals surface area contributed by atoms with E-state index in [2.05, 4.69) is 0 Å². The minimum atomic E-state index is -3.57. The number of rotatable bonds is 4. The molecule has 1 rings (SSSR count). The van der Waals surface area contributed by atoms with E-state index in [0.717, 1.165) is 12.8 Å². The molecule has 5 heteroatoms. The van der Waals surface area contributed by atoms with Gasteiger partial charge in [-0.2, -0.15) is 8.78 Å². The van der Waals surface area contributed by atoms with Gasteiger partial charge >= 0.3 is 11.9 Å². The van der Waals surface area contributed by atoms with Crippen LogP contribution >= 0.6 is 0 Å². The van der Waals surface area contributed by atoms with Gasteiger partial charge in [0.2, 0.25) is 0 Å². The number of carboxylic acids is 1. The molecule has 0 atom stereocenters. The van der Waals surface area contributed by atoms with Gasteiger partial charge in [0, 0.05) is 19.6 Å². The molecule has 1 heterocycles. The van der Waals surface area contributed by atoms with Crippen LogP contribution in [-0.2, 0) is 9.53 Å². The van der Waals surface area contributed by atoms with Gasteiger partial charge in [-0.15, -0.1) is 0 Å². The molecule has 0 radical (unpaired) electrons. The normalized spacial score (nSPS) is 19.6. The lowest BCUT2D eigenvalue weighted by Gasteiger charge is -2.22. The molecular formula is C9H14F2O3. The maximum Gasteiger partial charge on any atom is 0.374 e. The predicted octanol–water partition coefficient (Wildman–Crippen LogP) is 1.91. The highest BCUT2D eigenvalue weighted by Gasteiger charge is 2.38. The molecule has 0 unspecified atom stereocenters. The van der Waals surface area contributed by atoms with E-state index in [4.69, 9.17) is 9.84 Å². The highest BCUT2D eigenvalue weighted by molar-refractivity contribution is 5.75. The molecule has 0 aliphatic carbocycles. The van der Waals surface area contributed by atoms with E-state index in [0.29, 0.717) is 13.2 Å². The van der Waals surface area contributed by atoms with Crippen molar-refractivity contribution in [2.24, 2.45) is 5.92 Å². The van der Waals surface area contributed by atoms with Crippen LogP contribution in [0.15, 0.2) is 0 Å². The number of hydrogen-bond donors (Lipinski definition) is 1. The zero-order valence-electron chi connectivity index (χ0n) is 7.84. The lowest BCUT2D eigenvalue weighted by atomic mass is 9.93. The first-order valence-electron chi connectivity index (χ1n) is 4.71. The Bertz CT molecular complexity index is 200. The van der Waals surface area contributed by atoms with Crippen LogP contribution in [0, 0.1) is 5.92 Å². The van der Waals surface area contributed by atoms with Crippen molar-refractivity contribution >= 4 is 5.97 Å². The molecule has 0 spiro atoms. The number of carbonyl (C=O) groups is 1. The number of alkyl halides is 2. The van der Waals surface area contributed by atoms with Crippen LogP contribution in [0.5, 0.6) is 0 Å². The van der Waals surface area contributed by atoms with E-state index < -0.39 is 18.3 Å². The van der Waals surface area contributed by atoms with Crippen molar-refractivity contribution in [2.45, 2.75) is 31.6 Å². The predicted molar refractivity (Wildman–Crippen MR) is 45.4 cm³/mol. The molecule has 3 nitrogen and oxygen atoms in total. The molecule has 1 aliphatic heterocycles. The molecule has 0 aromatic carbocycles. The topological polar surface area (TPSA) is 46.5 Å². The number of ether oxygens (including phenoxy) is 1. The zero-order valence-corrected chi connectivity index (χ0v) is 7.84. The van der Waals surface area contributed by atoms with Gasteiger partial charge in [0.25, 0.3) is 0 Å². The summed E-state index contributed by atoms with van der Waals surface area (Å²) in [7, 11) is 0. The van der Waals surface area contributed by atoms with E-state index in [1.165, 1.54) is 0 Å². The Morgan fingerprint density at radius 1 is 1.43 bits per heavy atom. The summed E-state index contributed by atoms with van der Waals surface area (Å²) >= 11 is 0. The second-order valence-corrected chi connectivity index (χ2v) is 3.60. The largest absolute Gasteiger partial charge is 0.477 e. The van der Waals surface area contributed by atoms with E-state index in [9.17, 15) is 13.6 Å². The van der Waals surface area contributed by atoms with Crippen molar-refractivity contribution in [3.05, 3.63) is 0 Å². The molecule has 1 N–H and O–H groups in total. The molecule has 82 valence electrons. The van der Waals surface area contributed by atoms with Crippen molar-refractivity contribution in [3.8, 4) is 0 Å². The number of aliphatic carboxylic acids is 1. The first kappa shape index (κ1) is 11.4. The minimum absolute atomic E-state index is 0.189. The van der Waals surface area contributed by atoms with Crippen molar-refractivity contribution in [1.82, 2.24) is 0 Å². The smallest absolute Gasteiger partial charge is 0.374 e. The molecule has 0 amide bonds. The Morgan fingerprint density at radius 3 is 2.50 bits per heavy atom. The maximum absolute atomic E-state index is 12.7. The second kappa shape index (κ2) is 4.68. The van der Waals surface area contributed by atoms with Gasteiger partial charge in [-0.05, 0) is 25.2 Å². The second-order valence-electron chi connectivity index (χ2n) is 3.60. The van der Waals surface area contributed by atoms with Crippen molar-refractivity contribution in [2.75, 3.05) is 13.2 Å². The molecule has 0 aromatic rings. The third kappa shape index (κ3) is 3.21. The summed E-state index contributed by atoms with van der Waals surface area (Å²) in [5, 5.41) is 8.20. The third-order valence-electron chi connectivity index (χ3n) is 2.52. The van der Waals surface area contributed by atoms with Crippen LogP contribution < -0.4 is 0 Å². The lowest BCUT2D eigenvalue weighted by molar-refractivity contribution is -0.166. The Balaban J connectivity index is 2.28. The van der Waals surface area contributed by atoms with Crippen LogP contribution in [0.2, 0.25) is 0 Å². The minimum Gasteiger partial charge on any atom is -0.477 e. The molecule has 1 fully saturated rings. The van der Waals surface area contributed by atoms with Gasteiger partial charge in [0.05, 0.1) is 0 Å². The Morgan fingerprint density at radius 2 is 2.00 bits per heavy atom. The van der Waals surface area contributed by atoms with Gasteiger partial charge < -0.3 is 9.84 Å². The summed E-state index contributed by atoms with van der Waals surface area (Å²) in [6.45, 7) is 1.20. The summed E-state index contributed by atoms with van der Waals surface area (Å²) in [4.78, 5) is 10.1. The Labute approximate surface area is 81.1 Å². The van der Waals surface area contributed by atoms with Gasteiger partial charge in [-0.1, -0.05) is 0 Å². The lowest BCUT2D eigenvalue weighted by Crippen LogP contribution is -2.29. The van der Waals surface area contributed by atoms with Gasteiger partial charge in [0.1, 0.15) is 0 Å². The van der Waals surface area contributed by atoms with Gasteiger partial charge in [0.15, 0.2) is 0 Å². The zero-order chi connectivity index (χ0) is 10.6. The SMILES string of the molecule is O=C(O)C(F)(F)CCC1CCOCC1. The Kier molecular flexibility index (Phi) is 3.80. The number of hydrogen-bond acceptors (Lipinski definition) is 2. The molecule has 0 saturated carbocycles. The molecule has 0 bridgehead atoms. The van der Waals surface area contributed by atoms with Crippen molar-refractivity contribution in [3.63, 3.8) is 0 Å². The first-order chi connectivity index (χ1) is 6.52. The fourth-order valence-corrected chi connectivity index (χ4v) is 1.53. The Hall–Kier alpha value is -0.710. The van der Waals surface area contributed by atoms with Crippen LogP contribution in [0.25, 0.3) is 0 Å². The highest BCUT2D eigenvalue weighted by Crippen LogP contribution is 2.27. The van der Waals surface area contributed by atoms with Crippen LogP contribution in [0.4, 0.5) is 8.78 Å². The average Bonchev–Trinajstić information content (AvgIpc) is 2.16. The fraction of sp³-hybridized carbons (Fsp3) is 0.889. The average molecular weight is 208 g/mol. The van der Waals surface area contributed by atoms with Crippen molar-refractivity contribution in [1.29, 1.82) is 0 Å². The van der Waals surface area contributed by atoms with Crippen LogP contribution in [0.1, 0.15) is 25.7 Å². The summed E-state index contributed by atoms with van der Waals surface area (Å²) in [5.41, 5.74) is 0. The van der Waals surface area contributed by atoms with E-state index in [1.54, 1.807) is 0 Å². The van der Waals surface area contributed by atoms with E-state index in [-0.39, 0.29) is 12.3 Å². The molecule has 1 aliphatic rings. The standard InChI is InChI=1S/C9H14F2O3/c10-9(11,8(12)13)4-1-7-2-5-14-6-3-7/h7H,1-6H2,(H,12,13). The summed E-state index contributed by atoms with van der Waals surface area (Å²) in [6.07, 6.45) is 1.22. The number of halogens is 2. The molecule has 14 heavy (non-hydrogen) atoms. The van der Waals surface area contributed by atoms with E-state index >= 15 is 0 Å². The molecule has 1 saturated heterocycles. The fourth-order valence-electron chi connectivity index (χ4n) is 1.53. The van der Waals surface area contributed by atoms with E-state index in [1.807, 2.05) is 0 Å². The summed E-state index contributed by atoms with van der Waals surface area (Å²) in [6, 6.07) is 0.